The van der Waals surface area contributed by atoms with Crippen molar-refractivity contribution in [2.24, 2.45) is 0 Å². The summed E-state index contributed by atoms with van der Waals surface area (Å²) in [5, 5.41) is 15.3. The fourth-order valence-corrected chi connectivity index (χ4v) is 3.83. The van der Waals surface area contributed by atoms with Gasteiger partial charge in [0.25, 0.3) is 11.6 Å². The van der Waals surface area contributed by atoms with E-state index >= 15 is 0 Å². The van der Waals surface area contributed by atoms with Gasteiger partial charge in [0.2, 0.25) is 0 Å². The molecule has 0 spiro atoms. The Labute approximate surface area is 150 Å². The van der Waals surface area contributed by atoms with Crippen molar-refractivity contribution in [1.29, 1.82) is 0 Å². The van der Waals surface area contributed by atoms with E-state index in [0.29, 0.717) is 24.5 Å². The molecule has 1 aromatic heterocycles. The highest BCUT2D eigenvalue weighted by atomic mass is 16.6. The molecule has 8 nitrogen and oxygen atoms in total. The third kappa shape index (κ3) is 3.08. The maximum Gasteiger partial charge on any atom is 0.274 e. The Morgan fingerprint density at radius 1 is 1.27 bits per heavy atom. The van der Waals surface area contributed by atoms with Gasteiger partial charge in [-0.2, -0.15) is 5.10 Å². The number of nitro groups is 1. The zero-order valence-corrected chi connectivity index (χ0v) is 14.3. The highest BCUT2D eigenvalue weighted by Crippen LogP contribution is 2.29. The van der Waals surface area contributed by atoms with Crippen molar-refractivity contribution in [3.05, 3.63) is 52.3 Å². The Morgan fingerprint density at radius 3 is 2.96 bits per heavy atom. The maximum absolute atomic E-state index is 13.0. The summed E-state index contributed by atoms with van der Waals surface area (Å²) >= 11 is 0. The molecule has 2 fully saturated rings. The molecule has 1 aliphatic carbocycles. The van der Waals surface area contributed by atoms with E-state index in [4.69, 9.17) is 4.74 Å². The van der Waals surface area contributed by atoms with E-state index in [1.807, 2.05) is 4.90 Å². The number of morpholine rings is 1. The van der Waals surface area contributed by atoms with Crippen LogP contribution < -0.4 is 0 Å². The average molecular weight is 356 g/mol. The summed E-state index contributed by atoms with van der Waals surface area (Å²) in [5.41, 5.74) is 0.891. The number of carbonyl (C=O) groups is 1. The zero-order chi connectivity index (χ0) is 18.1. The van der Waals surface area contributed by atoms with E-state index in [9.17, 15) is 14.9 Å². The number of carbonyl (C=O) groups excluding carboxylic acids is 1. The first kappa shape index (κ1) is 16.7. The molecule has 1 amide bonds. The van der Waals surface area contributed by atoms with Crippen molar-refractivity contribution in [2.45, 2.75) is 37.8 Å². The summed E-state index contributed by atoms with van der Waals surface area (Å²) in [6, 6.07) is 7.97. The number of fused-ring (bicyclic) bond motifs is 1. The molecule has 2 aliphatic rings. The summed E-state index contributed by atoms with van der Waals surface area (Å²) in [6.07, 6.45) is 5.99. The number of nitrogens with zero attached hydrogens (tertiary/aromatic N) is 4. The van der Waals surface area contributed by atoms with Crippen molar-refractivity contribution in [2.75, 3.05) is 13.2 Å². The predicted octanol–water partition coefficient (Wildman–Crippen LogP) is 2.56. The minimum absolute atomic E-state index is 0.0101. The fourth-order valence-electron chi connectivity index (χ4n) is 3.83. The Bertz CT molecular complexity index is 832. The van der Waals surface area contributed by atoms with E-state index < -0.39 is 4.92 Å². The Hall–Kier alpha value is -2.74. The van der Waals surface area contributed by atoms with Crippen molar-refractivity contribution in [3.8, 4) is 5.69 Å². The zero-order valence-electron chi connectivity index (χ0n) is 14.3. The molecule has 2 unspecified atom stereocenters. The number of nitro benzene ring substituents is 1. The van der Waals surface area contributed by atoms with Crippen molar-refractivity contribution >= 4 is 11.6 Å². The second kappa shape index (κ2) is 6.87. The normalized spacial score (nSPS) is 22.7. The van der Waals surface area contributed by atoms with Crippen LogP contribution in [0, 0.1) is 10.1 Å². The lowest BCUT2D eigenvalue weighted by Crippen LogP contribution is -2.54. The standard InChI is InChI=1S/C18H20N4O4/c23-18(20-10-11-26-17-7-2-1-6-16(17)20)15-8-9-21(19-15)13-4-3-5-14(12-13)22(24)25/h3-5,8-9,12,16-17H,1-2,6-7,10-11H2. The highest BCUT2D eigenvalue weighted by Gasteiger charge is 2.37. The van der Waals surface area contributed by atoms with Crippen LogP contribution in [0.4, 0.5) is 5.69 Å². The number of ether oxygens (including phenoxy) is 1. The van der Waals surface area contributed by atoms with Gasteiger partial charge in [-0.15, -0.1) is 0 Å². The smallest absolute Gasteiger partial charge is 0.274 e. The monoisotopic (exact) mass is 356 g/mol. The minimum atomic E-state index is -0.448. The van der Waals surface area contributed by atoms with E-state index in [1.54, 1.807) is 24.4 Å². The Balaban J connectivity index is 1.56. The van der Waals surface area contributed by atoms with Crippen LogP contribution in [0.5, 0.6) is 0 Å². The number of hydrogen-bond acceptors (Lipinski definition) is 5. The van der Waals surface area contributed by atoms with Gasteiger partial charge in [-0.05, 0) is 25.0 Å². The molecule has 26 heavy (non-hydrogen) atoms. The molecule has 4 rings (SSSR count). The molecule has 136 valence electrons. The SMILES string of the molecule is O=C(c1ccn(-c2cccc([N+](=O)[O-])c2)n1)N1CCOC2CCCCC21. The number of non-ortho nitro benzene ring substituents is 1. The molecule has 0 bridgehead atoms. The average Bonchev–Trinajstić information content (AvgIpc) is 3.17. The van der Waals surface area contributed by atoms with Gasteiger partial charge in [-0.25, -0.2) is 4.68 Å². The van der Waals surface area contributed by atoms with E-state index in [2.05, 4.69) is 5.10 Å². The van der Waals surface area contributed by atoms with Crippen LogP contribution in [0.15, 0.2) is 36.5 Å². The lowest BCUT2D eigenvalue weighted by atomic mass is 9.90. The fraction of sp³-hybridized carbons (Fsp3) is 0.444. The molecule has 1 aromatic carbocycles. The van der Waals surface area contributed by atoms with Gasteiger partial charge in [-0.1, -0.05) is 18.9 Å². The number of benzene rings is 1. The third-order valence-electron chi connectivity index (χ3n) is 5.11. The summed E-state index contributed by atoms with van der Waals surface area (Å²) in [5.74, 6) is -0.102. The van der Waals surface area contributed by atoms with Crippen molar-refractivity contribution in [1.82, 2.24) is 14.7 Å². The molecular weight excluding hydrogens is 336 g/mol. The first-order valence-corrected chi connectivity index (χ1v) is 8.86. The van der Waals surface area contributed by atoms with Crippen LogP contribution in [0.1, 0.15) is 36.2 Å². The van der Waals surface area contributed by atoms with Gasteiger partial charge in [-0.3, -0.25) is 14.9 Å². The summed E-state index contributed by atoms with van der Waals surface area (Å²) in [6.45, 7) is 1.13. The number of amides is 1. The van der Waals surface area contributed by atoms with E-state index in [1.165, 1.54) is 16.8 Å². The highest BCUT2D eigenvalue weighted by molar-refractivity contribution is 5.92. The molecule has 2 aromatic rings. The van der Waals surface area contributed by atoms with Crippen molar-refractivity contribution in [3.63, 3.8) is 0 Å². The van der Waals surface area contributed by atoms with Gasteiger partial charge in [0.05, 0.1) is 29.4 Å². The van der Waals surface area contributed by atoms with Crippen LogP contribution >= 0.6 is 0 Å². The maximum atomic E-state index is 13.0. The minimum Gasteiger partial charge on any atom is -0.374 e. The summed E-state index contributed by atoms with van der Waals surface area (Å²) in [4.78, 5) is 25.3. The van der Waals surface area contributed by atoms with E-state index in [-0.39, 0.29) is 23.7 Å². The molecule has 1 saturated carbocycles. The first-order chi connectivity index (χ1) is 12.6. The molecule has 1 saturated heterocycles. The molecule has 0 radical (unpaired) electrons. The van der Waals surface area contributed by atoms with Crippen LogP contribution in [0.3, 0.4) is 0 Å². The number of hydrogen-bond donors (Lipinski definition) is 0. The second-order valence-corrected chi connectivity index (χ2v) is 6.68. The lowest BCUT2D eigenvalue weighted by Gasteiger charge is -2.43. The number of aromatic nitrogens is 2. The summed E-state index contributed by atoms with van der Waals surface area (Å²) in [7, 11) is 0. The van der Waals surface area contributed by atoms with Crippen molar-refractivity contribution < 1.29 is 14.5 Å². The van der Waals surface area contributed by atoms with Gasteiger partial charge in [0, 0.05) is 24.9 Å². The Kier molecular flexibility index (Phi) is 4.42. The van der Waals surface area contributed by atoms with Crippen LogP contribution in [0.2, 0.25) is 0 Å². The van der Waals surface area contributed by atoms with E-state index in [0.717, 1.165) is 25.7 Å². The quantitative estimate of drug-likeness (QED) is 0.623. The lowest BCUT2D eigenvalue weighted by molar-refractivity contribution is -0.384. The van der Waals surface area contributed by atoms with Gasteiger partial charge < -0.3 is 9.64 Å². The molecule has 0 N–H and O–H groups in total. The van der Waals surface area contributed by atoms with Gasteiger partial charge in [0.1, 0.15) is 0 Å². The molecule has 1 aliphatic heterocycles. The van der Waals surface area contributed by atoms with Crippen LogP contribution in [-0.4, -0.2) is 50.8 Å². The molecule has 8 heteroatoms. The second-order valence-electron chi connectivity index (χ2n) is 6.68. The molecule has 2 heterocycles. The molecular formula is C18H20N4O4. The predicted molar refractivity (Wildman–Crippen MR) is 93.3 cm³/mol. The number of rotatable bonds is 3. The Morgan fingerprint density at radius 2 is 2.12 bits per heavy atom. The molecule has 2 atom stereocenters. The first-order valence-electron chi connectivity index (χ1n) is 8.86. The van der Waals surface area contributed by atoms with Gasteiger partial charge >= 0.3 is 0 Å². The topological polar surface area (TPSA) is 90.5 Å². The third-order valence-corrected chi connectivity index (χ3v) is 5.11. The van der Waals surface area contributed by atoms with Crippen LogP contribution in [-0.2, 0) is 4.74 Å². The van der Waals surface area contributed by atoms with Gasteiger partial charge in [0.15, 0.2) is 5.69 Å². The largest absolute Gasteiger partial charge is 0.374 e. The summed E-state index contributed by atoms with van der Waals surface area (Å²) < 4.78 is 7.32. The van der Waals surface area contributed by atoms with Crippen LogP contribution in [0.25, 0.3) is 5.69 Å².